The Kier molecular flexibility index (Phi) is 6.15. The van der Waals surface area contributed by atoms with Crippen LogP contribution in [0, 0.1) is 5.92 Å². The second-order valence-corrected chi connectivity index (χ2v) is 5.50. The second kappa shape index (κ2) is 7.21. The highest BCUT2D eigenvalue weighted by Gasteiger charge is 2.13. The zero-order valence-electron chi connectivity index (χ0n) is 9.37. The van der Waals surface area contributed by atoms with Crippen LogP contribution in [-0.2, 0) is 8.85 Å². The molecule has 0 unspecified atom stereocenters. The van der Waals surface area contributed by atoms with E-state index in [2.05, 4.69) is 11.8 Å². The molecule has 0 N–H and O–H groups in total. The molecule has 0 aromatic carbocycles. The first-order valence-electron chi connectivity index (χ1n) is 5.78. The molecule has 0 radical (unpaired) electrons. The Bertz CT molecular complexity index is 159. The molecule has 1 aliphatic carbocycles. The summed E-state index contributed by atoms with van der Waals surface area (Å²) >= 11 is 0. The Hall–Kier alpha value is -0.123. The molecule has 0 spiro atoms. The third-order valence-corrected chi connectivity index (χ3v) is 4.46. The van der Waals surface area contributed by atoms with Crippen LogP contribution in [0.5, 0.6) is 0 Å². The molecule has 1 saturated carbocycles. The first-order valence-corrected chi connectivity index (χ1v) is 7.39. The molecule has 82 valence electrons. The first kappa shape index (κ1) is 11.9. The van der Waals surface area contributed by atoms with Gasteiger partial charge in [0.15, 0.2) is 0 Å². The lowest BCUT2D eigenvalue weighted by molar-refractivity contribution is 0.224. The molecule has 0 heterocycles. The minimum absolute atomic E-state index is 0.770. The van der Waals surface area contributed by atoms with Crippen molar-refractivity contribution in [2.75, 3.05) is 13.2 Å². The summed E-state index contributed by atoms with van der Waals surface area (Å²) < 4.78 is 11.1. The van der Waals surface area contributed by atoms with E-state index < -0.39 is 9.28 Å². The van der Waals surface area contributed by atoms with E-state index in [0.717, 1.165) is 19.1 Å². The molecule has 0 aliphatic heterocycles. The average molecular weight is 214 g/mol. The van der Waals surface area contributed by atoms with Crippen LogP contribution in [0.4, 0.5) is 0 Å². The van der Waals surface area contributed by atoms with E-state index in [1.54, 1.807) is 0 Å². The topological polar surface area (TPSA) is 18.5 Å². The van der Waals surface area contributed by atoms with E-state index in [1.807, 2.05) is 13.8 Å². The second-order valence-electron chi connectivity index (χ2n) is 3.71. The third-order valence-electron chi connectivity index (χ3n) is 2.60. The predicted molar refractivity (Wildman–Crippen MR) is 61.5 cm³/mol. The molecule has 1 aliphatic rings. The van der Waals surface area contributed by atoms with Gasteiger partial charge in [-0.25, -0.2) is 0 Å². The average Bonchev–Trinajstić information content (AvgIpc) is 2.67. The van der Waals surface area contributed by atoms with Crippen LogP contribution in [0.2, 0.25) is 0 Å². The van der Waals surface area contributed by atoms with Gasteiger partial charge in [0.1, 0.15) is 0 Å². The van der Waals surface area contributed by atoms with Gasteiger partial charge in [-0.15, -0.1) is 0 Å². The van der Waals surface area contributed by atoms with Crippen molar-refractivity contribution in [2.24, 2.45) is 5.92 Å². The van der Waals surface area contributed by atoms with E-state index in [0.29, 0.717) is 0 Å². The Labute approximate surface area is 89.1 Å². The van der Waals surface area contributed by atoms with Crippen LogP contribution in [0.1, 0.15) is 39.5 Å². The van der Waals surface area contributed by atoms with E-state index in [-0.39, 0.29) is 0 Å². The zero-order chi connectivity index (χ0) is 10.2. The first-order chi connectivity index (χ1) is 6.86. The van der Waals surface area contributed by atoms with Crippen LogP contribution in [0.3, 0.4) is 0 Å². The van der Waals surface area contributed by atoms with Crippen LogP contribution in [-0.4, -0.2) is 22.5 Å². The number of hydrogen-bond acceptors (Lipinski definition) is 2. The van der Waals surface area contributed by atoms with Crippen molar-refractivity contribution in [1.29, 1.82) is 0 Å². The van der Waals surface area contributed by atoms with Crippen molar-refractivity contribution < 1.29 is 8.85 Å². The lowest BCUT2D eigenvalue weighted by Crippen LogP contribution is -2.20. The fourth-order valence-corrected chi connectivity index (χ4v) is 3.36. The molecule has 1 rings (SSSR count). The third kappa shape index (κ3) is 4.40. The Balaban J connectivity index is 2.28. The fraction of sp³-hybridized carbons (Fsp3) is 0.818. The minimum Gasteiger partial charge on any atom is -0.394 e. The van der Waals surface area contributed by atoms with Crippen molar-refractivity contribution in [1.82, 2.24) is 0 Å². The molecule has 0 aromatic heterocycles. The van der Waals surface area contributed by atoms with Gasteiger partial charge in [0.25, 0.3) is 0 Å². The number of rotatable bonds is 6. The van der Waals surface area contributed by atoms with Gasteiger partial charge in [-0.05, 0) is 38.3 Å². The smallest absolute Gasteiger partial charge is 0.348 e. The largest absolute Gasteiger partial charge is 0.394 e. The van der Waals surface area contributed by atoms with E-state index in [1.165, 1.54) is 25.7 Å². The molecule has 2 nitrogen and oxygen atoms in total. The monoisotopic (exact) mass is 214 g/mol. The number of allylic oxidation sites excluding steroid dienone is 1. The van der Waals surface area contributed by atoms with Gasteiger partial charge in [-0.1, -0.05) is 18.9 Å². The Morgan fingerprint density at radius 3 is 2.21 bits per heavy atom. The quantitative estimate of drug-likeness (QED) is 0.633. The standard InChI is InChI=1S/C11H22O2Si/c1-3-12-14(13-4-2)10-9-11-7-5-6-8-11/h9-11,14H,3-8H2,1-2H3. The normalized spacial score (nSPS) is 18.8. The maximum Gasteiger partial charge on any atom is 0.348 e. The van der Waals surface area contributed by atoms with E-state index in [9.17, 15) is 0 Å². The fourth-order valence-electron chi connectivity index (χ4n) is 1.89. The van der Waals surface area contributed by atoms with Gasteiger partial charge in [-0.2, -0.15) is 0 Å². The molecule has 1 fully saturated rings. The van der Waals surface area contributed by atoms with Crippen LogP contribution in [0.25, 0.3) is 0 Å². The van der Waals surface area contributed by atoms with E-state index in [4.69, 9.17) is 8.85 Å². The molecular formula is C11H22O2Si. The maximum atomic E-state index is 5.57. The van der Waals surface area contributed by atoms with Crippen LogP contribution < -0.4 is 0 Å². The summed E-state index contributed by atoms with van der Waals surface area (Å²) in [5.74, 6) is 0.797. The summed E-state index contributed by atoms with van der Waals surface area (Å²) in [5, 5.41) is 0. The molecule has 0 aromatic rings. The lowest BCUT2D eigenvalue weighted by atomic mass is 10.1. The molecule has 0 saturated heterocycles. The van der Waals surface area contributed by atoms with Gasteiger partial charge >= 0.3 is 9.28 Å². The summed E-state index contributed by atoms with van der Waals surface area (Å²) in [6, 6.07) is 0. The van der Waals surface area contributed by atoms with Crippen molar-refractivity contribution in [2.45, 2.75) is 39.5 Å². The number of hydrogen-bond donors (Lipinski definition) is 0. The summed E-state index contributed by atoms with van der Waals surface area (Å²) in [5.41, 5.74) is 2.21. The van der Waals surface area contributed by atoms with Crippen molar-refractivity contribution >= 4 is 9.28 Å². The lowest BCUT2D eigenvalue weighted by Gasteiger charge is -2.11. The van der Waals surface area contributed by atoms with Crippen molar-refractivity contribution in [3.05, 3.63) is 11.8 Å². The van der Waals surface area contributed by atoms with Gasteiger partial charge < -0.3 is 8.85 Å². The zero-order valence-corrected chi connectivity index (χ0v) is 10.5. The summed E-state index contributed by atoms with van der Waals surface area (Å²) in [6.07, 6.45) is 7.83. The summed E-state index contributed by atoms with van der Waals surface area (Å²) in [6.45, 7) is 5.60. The van der Waals surface area contributed by atoms with Gasteiger partial charge in [0, 0.05) is 13.2 Å². The van der Waals surface area contributed by atoms with Gasteiger partial charge in [0.2, 0.25) is 0 Å². The van der Waals surface area contributed by atoms with E-state index >= 15 is 0 Å². The SMILES string of the molecule is CCO[SiH](C=CC1CCCC1)OCC. The Morgan fingerprint density at radius 2 is 1.71 bits per heavy atom. The molecule has 0 amide bonds. The van der Waals surface area contributed by atoms with Crippen molar-refractivity contribution in [3.63, 3.8) is 0 Å². The van der Waals surface area contributed by atoms with Gasteiger partial charge in [-0.3, -0.25) is 0 Å². The predicted octanol–water partition coefficient (Wildman–Crippen LogP) is 2.57. The summed E-state index contributed by atoms with van der Waals surface area (Å²) in [7, 11) is -1.47. The highest BCUT2D eigenvalue weighted by atomic mass is 28.3. The maximum absolute atomic E-state index is 5.57. The highest BCUT2D eigenvalue weighted by molar-refractivity contribution is 6.50. The van der Waals surface area contributed by atoms with Crippen LogP contribution in [0.15, 0.2) is 11.8 Å². The Morgan fingerprint density at radius 1 is 1.14 bits per heavy atom. The minimum atomic E-state index is -1.47. The molecular weight excluding hydrogens is 192 g/mol. The molecule has 14 heavy (non-hydrogen) atoms. The molecule has 0 bridgehead atoms. The van der Waals surface area contributed by atoms with Gasteiger partial charge in [0.05, 0.1) is 0 Å². The van der Waals surface area contributed by atoms with Crippen LogP contribution >= 0.6 is 0 Å². The molecule has 0 atom stereocenters. The highest BCUT2D eigenvalue weighted by Crippen LogP contribution is 2.25. The summed E-state index contributed by atoms with van der Waals surface area (Å²) in [4.78, 5) is 0. The molecule has 3 heteroatoms. The van der Waals surface area contributed by atoms with Crippen molar-refractivity contribution in [3.8, 4) is 0 Å².